The largest absolute Gasteiger partial charge is 0.482 e. The van der Waals surface area contributed by atoms with Crippen molar-refractivity contribution in [2.24, 2.45) is 0 Å². The van der Waals surface area contributed by atoms with Gasteiger partial charge >= 0.3 is 0 Å². The van der Waals surface area contributed by atoms with Crippen LogP contribution in [0.4, 0.5) is 5.69 Å². The second kappa shape index (κ2) is 7.92. The molecule has 1 N–H and O–H groups in total. The second-order valence-electron chi connectivity index (χ2n) is 6.40. The fourth-order valence-electron chi connectivity index (χ4n) is 3.20. The zero-order valence-electron chi connectivity index (χ0n) is 15.1. The van der Waals surface area contributed by atoms with Crippen LogP contribution in [-0.2, 0) is 9.59 Å². The second-order valence-corrected chi connectivity index (χ2v) is 6.40. The SMILES string of the molecule is O=C(CN1C(=O)COc2ccccc21)N[C@H](c1ccccc1)c1ccccn1. The number of benzene rings is 2. The highest BCUT2D eigenvalue weighted by Crippen LogP contribution is 2.31. The number of hydrogen-bond acceptors (Lipinski definition) is 4. The molecule has 0 bridgehead atoms. The Bertz CT molecular complexity index is 937. The molecule has 6 heteroatoms. The van der Waals surface area contributed by atoms with E-state index >= 15 is 0 Å². The molecule has 0 fully saturated rings. The summed E-state index contributed by atoms with van der Waals surface area (Å²) in [6.07, 6.45) is 1.69. The van der Waals surface area contributed by atoms with Gasteiger partial charge in [-0.15, -0.1) is 0 Å². The Morgan fingerprint density at radius 2 is 1.79 bits per heavy atom. The molecule has 0 spiro atoms. The summed E-state index contributed by atoms with van der Waals surface area (Å²) in [6.45, 7) is -0.165. The average molecular weight is 373 g/mol. The first-order valence-electron chi connectivity index (χ1n) is 9.00. The predicted molar refractivity (Wildman–Crippen MR) is 105 cm³/mol. The van der Waals surface area contributed by atoms with Gasteiger partial charge in [-0.1, -0.05) is 48.5 Å². The lowest BCUT2D eigenvalue weighted by Crippen LogP contribution is -2.46. The summed E-state index contributed by atoms with van der Waals surface area (Å²) < 4.78 is 5.43. The minimum absolute atomic E-state index is 0.0767. The van der Waals surface area contributed by atoms with Crippen LogP contribution in [0.1, 0.15) is 17.3 Å². The van der Waals surface area contributed by atoms with E-state index in [9.17, 15) is 9.59 Å². The van der Waals surface area contributed by atoms with Crippen LogP contribution < -0.4 is 15.0 Å². The van der Waals surface area contributed by atoms with Gasteiger partial charge in [-0.2, -0.15) is 0 Å². The number of fused-ring (bicyclic) bond motifs is 1. The highest BCUT2D eigenvalue weighted by molar-refractivity contribution is 6.02. The Morgan fingerprint density at radius 3 is 2.57 bits per heavy atom. The van der Waals surface area contributed by atoms with Crippen LogP contribution in [0, 0.1) is 0 Å². The fraction of sp³-hybridized carbons (Fsp3) is 0.136. The lowest BCUT2D eigenvalue weighted by Gasteiger charge is -2.29. The van der Waals surface area contributed by atoms with Crippen molar-refractivity contribution in [3.05, 3.63) is 90.3 Å². The zero-order chi connectivity index (χ0) is 19.3. The van der Waals surface area contributed by atoms with Crippen LogP contribution in [0.25, 0.3) is 0 Å². The predicted octanol–water partition coefficient (Wildman–Crippen LogP) is 2.71. The van der Waals surface area contributed by atoms with E-state index in [1.54, 1.807) is 18.3 Å². The summed E-state index contributed by atoms with van der Waals surface area (Å²) in [5.41, 5.74) is 2.25. The molecule has 6 nitrogen and oxygen atoms in total. The molecule has 1 aromatic heterocycles. The molecule has 0 saturated heterocycles. The first-order chi connectivity index (χ1) is 13.7. The third-order valence-electron chi connectivity index (χ3n) is 4.53. The number of nitrogens with one attached hydrogen (secondary N) is 1. The molecule has 2 amide bonds. The van der Waals surface area contributed by atoms with Crippen molar-refractivity contribution < 1.29 is 14.3 Å². The van der Waals surface area contributed by atoms with E-state index in [1.807, 2.05) is 60.7 Å². The fourth-order valence-corrected chi connectivity index (χ4v) is 3.20. The topological polar surface area (TPSA) is 71.5 Å². The quantitative estimate of drug-likeness (QED) is 0.746. The third kappa shape index (κ3) is 3.71. The lowest BCUT2D eigenvalue weighted by atomic mass is 10.0. The molecule has 28 heavy (non-hydrogen) atoms. The monoisotopic (exact) mass is 373 g/mol. The lowest BCUT2D eigenvalue weighted by molar-refractivity contribution is -0.125. The van der Waals surface area contributed by atoms with E-state index in [4.69, 9.17) is 4.74 Å². The van der Waals surface area contributed by atoms with Crippen LogP contribution >= 0.6 is 0 Å². The van der Waals surface area contributed by atoms with Crippen LogP contribution in [-0.4, -0.2) is 29.9 Å². The van der Waals surface area contributed by atoms with Crippen LogP contribution in [0.2, 0.25) is 0 Å². The maximum atomic E-state index is 12.9. The summed E-state index contributed by atoms with van der Waals surface area (Å²) in [6, 6.07) is 22.0. The number of pyridine rings is 1. The standard InChI is InChI=1S/C22H19N3O3/c26-20(14-25-18-11-4-5-12-19(18)28-15-21(25)27)24-22(16-8-2-1-3-9-16)17-10-6-7-13-23-17/h1-13,22H,14-15H2,(H,24,26)/t22-/m1/s1. The van der Waals surface area contributed by atoms with Gasteiger partial charge in [0.15, 0.2) is 6.61 Å². The van der Waals surface area contributed by atoms with Gasteiger partial charge in [-0.3, -0.25) is 19.5 Å². The summed E-state index contributed by atoms with van der Waals surface area (Å²) in [5.74, 6) is 0.0757. The minimum Gasteiger partial charge on any atom is -0.482 e. The smallest absolute Gasteiger partial charge is 0.265 e. The number of para-hydroxylation sites is 2. The van der Waals surface area contributed by atoms with Crippen LogP contribution in [0.5, 0.6) is 5.75 Å². The molecule has 0 saturated carbocycles. The molecule has 0 unspecified atom stereocenters. The highest BCUT2D eigenvalue weighted by Gasteiger charge is 2.28. The molecule has 0 aliphatic carbocycles. The van der Waals surface area contributed by atoms with Gasteiger partial charge in [0, 0.05) is 6.20 Å². The van der Waals surface area contributed by atoms with Gasteiger partial charge in [0.2, 0.25) is 5.91 Å². The van der Waals surface area contributed by atoms with Gasteiger partial charge in [0.1, 0.15) is 12.3 Å². The first-order valence-corrected chi connectivity index (χ1v) is 9.00. The normalized spacial score (nSPS) is 14.0. The summed E-state index contributed by atoms with van der Waals surface area (Å²) in [7, 11) is 0. The zero-order valence-corrected chi connectivity index (χ0v) is 15.1. The third-order valence-corrected chi connectivity index (χ3v) is 4.53. The van der Waals surface area contributed by atoms with Crippen molar-refractivity contribution in [1.29, 1.82) is 0 Å². The van der Waals surface area contributed by atoms with Crippen LogP contribution in [0.15, 0.2) is 79.0 Å². The number of carbonyl (C=O) groups excluding carboxylic acids is 2. The molecule has 0 radical (unpaired) electrons. The van der Waals surface area contributed by atoms with Crippen molar-refractivity contribution >= 4 is 17.5 Å². The molecule has 2 aromatic carbocycles. The Kier molecular flexibility index (Phi) is 5.01. The number of aromatic nitrogens is 1. The number of hydrogen-bond donors (Lipinski definition) is 1. The first kappa shape index (κ1) is 17.7. The molecule has 1 aliphatic heterocycles. The van der Waals surface area contributed by atoms with E-state index in [2.05, 4.69) is 10.3 Å². The summed E-state index contributed by atoms with van der Waals surface area (Å²) in [5, 5.41) is 3.01. The Labute approximate surface area is 162 Å². The number of nitrogens with zero attached hydrogens (tertiary/aromatic N) is 2. The van der Waals surface area contributed by atoms with E-state index in [-0.39, 0.29) is 25.0 Å². The molecule has 3 aromatic rings. The Morgan fingerprint density at radius 1 is 1.04 bits per heavy atom. The van der Waals surface area contributed by atoms with Crippen molar-refractivity contribution in [1.82, 2.24) is 10.3 Å². The van der Waals surface area contributed by atoms with E-state index in [1.165, 1.54) is 4.90 Å². The molecule has 140 valence electrons. The van der Waals surface area contributed by atoms with Crippen molar-refractivity contribution in [3.8, 4) is 5.75 Å². The van der Waals surface area contributed by atoms with Crippen molar-refractivity contribution in [2.45, 2.75) is 6.04 Å². The van der Waals surface area contributed by atoms with Gasteiger partial charge in [-0.25, -0.2) is 0 Å². The van der Waals surface area contributed by atoms with Gasteiger partial charge in [-0.05, 0) is 29.8 Å². The molecular weight excluding hydrogens is 354 g/mol. The Balaban J connectivity index is 1.57. The average Bonchev–Trinajstić information content (AvgIpc) is 2.75. The number of amides is 2. The van der Waals surface area contributed by atoms with E-state index in [0.29, 0.717) is 11.4 Å². The van der Waals surface area contributed by atoms with E-state index < -0.39 is 6.04 Å². The van der Waals surface area contributed by atoms with Gasteiger partial charge in [0.05, 0.1) is 17.4 Å². The van der Waals surface area contributed by atoms with Crippen molar-refractivity contribution in [2.75, 3.05) is 18.1 Å². The van der Waals surface area contributed by atoms with Crippen LogP contribution in [0.3, 0.4) is 0 Å². The van der Waals surface area contributed by atoms with Gasteiger partial charge < -0.3 is 10.1 Å². The Hall–Kier alpha value is -3.67. The number of carbonyl (C=O) groups is 2. The number of anilines is 1. The molecule has 4 rings (SSSR count). The summed E-state index contributed by atoms with van der Waals surface area (Å²) >= 11 is 0. The maximum absolute atomic E-state index is 12.9. The maximum Gasteiger partial charge on any atom is 0.265 e. The molecular formula is C22H19N3O3. The summed E-state index contributed by atoms with van der Waals surface area (Å²) in [4.78, 5) is 31.0. The minimum atomic E-state index is -0.402. The van der Waals surface area contributed by atoms with Crippen molar-refractivity contribution in [3.63, 3.8) is 0 Å². The molecule has 2 heterocycles. The van der Waals surface area contributed by atoms with Gasteiger partial charge in [0.25, 0.3) is 5.91 Å². The number of ether oxygens (including phenoxy) is 1. The molecule has 1 aliphatic rings. The molecule has 1 atom stereocenters. The number of rotatable bonds is 5. The highest BCUT2D eigenvalue weighted by atomic mass is 16.5. The van der Waals surface area contributed by atoms with E-state index in [0.717, 1.165) is 11.3 Å².